The van der Waals surface area contributed by atoms with Gasteiger partial charge in [-0.2, -0.15) is 11.8 Å². The van der Waals surface area contributed by atoms with Crippen molar-refractivity contribution in [2.45, 2.75) is 39.3 Å². The van der Waals surface area contributed by atoms with E-state index in [0.29, 0.717) is 6.04 Å². The van der Waals surface area contributed by atoms with E-state index in [2.05, 4.69) is 44.2 Å². The SMILES string of the molecule is CSCC(C)CN1CC(C)(C)NCC1C. The van der Waals surface area contributed by atoms with Gasteiger partial charge in [0.05, 0.1) is 0 Å². The molecule has 3 heteroatoms. The van der Waals surface area contributed by atoms with Crippen LogP contribution < -0.4 is 5.32 Å². The molecule has 0 amide bonds. The van der Waals surface area contributed by atoms with Gasteiger partial charge in [0.1, 0.15) is 0 Å². The third-order valence-corrected chi connectivity index (χ3v) is 4.00. The first kappa shape index (κ1) is 13.3. The lowest BCUT2D eigenvalue weighted by Crippen LogP contribution is -2.61. The minimum Gasteiger partial charge on any atom is -0.309 e. The van der Waals surface area contributed by atoms with Crippen molar-refractivity contribution in [3.8, 4) is 0 Å². The zero-order chi connectivity index (χ0) is 11.5. The number of hydrogen-bond acceptors (Lipinski definition) is 3. The zero-order valence-electron chi connectivity index (χ0n) is 10.8. The molecule has 1 heterocycles. The molecule has 90 valence electrons. The van der Waals surface area contributed by atoms with Crippen LogP contribution in [0.3, 0.4) is 0 Å². The van der Waals surface area contributed by atoms with Gasteiger partial charge in [-0.1, -0.05) is 6.92 Å². The summed E-state index contributed by atoms with van der Waals surface area (Å²) >= 11 is 1.96. The Hall–Kier alpha value is 0.270. The van der Waals surface area contributed by atoms with E-state index in [1.165, 1.54) is 18.8 Å². The Morgan fingerprint density at radius 2 is 2.20 bits per heavy atom. The van der Waals surface area contributed by atoms with Crippen molar-refractivity contribution in [1.82, 2.24) is 10.2 Å². The molecule has 15 heavy (non-hydrogen) atoms. The maximum atomic E-state index is 3.60. The maximum absolute atomic E-state index is 3.60. The standard InChI is InChI=1S/C12H26N2S/c1-10(8-15-5)7-14-9-12(3,4)13-6-11(14)2/h10-11,13H,6-9H2,1-5H3. The summed E-state index contributed by atoms with van der Waals surface area (Å²) in [7, 11) is 0. The van der Waals surface area contributed by atoms with E-state index in [1.54, 1.807) is 0 Å². The van der Waals surface area contributed by atoms with E-state index in [-0.39, 0.29) is 5.54 Å². The van der Waals surface area contributed by atoms with E-state index in [0.717, 1.165) is 12.5 Å². The molecule has 0 spiro atoms. The zero-order valence-corrected chi connectivity index (χ0v) is 11.7. The van der Waals surface area contributed by atoms with Crippen LogP contribution in [0.15, 0.2) is 0 Å². The fraction of sp³-hybridized carbons (Fsp3) is 1.00. The molecule has 0 radical (unpaired) electrons. The Morgan fingerprint density at radius 1 is 1.53 bits per heavy atom. The lowest BCUT2D eigenvalue weighted by Gasteiger charge is -2.44. The molecule has 0 aromatic carbocycles. The van der Waals surface area contributed by atoms with E-state index < -0.39 is 0 Å². The van der Waals surface area contributed by atoms with Crippen molar-refractivity contribution in [3.05, 3.63) is 0 Å². The Labute approximate surface area is 99.2 Å². The van der Waals surface area contributed by atoms with Gasteiger partial charge in [0.2, 0.25) is 0 Å². The van der Waals surface area contributed by atoms with Crippen LogP contribution in [-0.2, 0) is 0 Å². The summed E-state index contributed by atoms with van der Waals surface area (Å²) in [6.45, 7) is 12.8. The molecule has 1 aliphatic heterocycles. The summed E-state index contributed by atoms with van der Waals surface area (Å²) in [5, 5.41) is 3.60. The summed E-state index contributed by atoms with van der Waals surface area (Å²) in [6, 6.07) is 0.683. The van der Waals surface area contributed by atoms with Crippen molar-refractivity contribution < 1.29 is 0 Å². The van der Waals surface area contributed by atoms with Crippen LogP contribution in [0.2, 0.25) is 0 Å². The van der Waals surface area contributed by atoms with Crippen LogP contribution in [0.4, 0.5) is 0 Å². The highest BCUT2D eigenvalue weighted by Crippen LogP contribution is 2.17. The lowest BCUT2D eigenvalue weighted by molar-refractivity contribution is 0.0936. The van der Waals surface area contributed by atoms with Crippen LogP contribution in [0.25, 0.3) is 0 Å². The van der Waals surface area contributed by atoms with Gasteiger partial charge in [0, 0.05) is 31.2 Å². The average molecular weight is 230 g/mol. The predicted molar refractivity (Wildman–Crippen MR) is 70.7 cm³/mol. The highest BCUT2D eigenvalue weighted by atomic mass is 32.2. The van der Waals surface area contributed by atoms with Crippen molar-refractivity contribution in [1.29, 1.82) is 0 Å². The first-order valence-electron chi connectivity index (χ1n) is 5.92. The Balaban J connectivity index is 2.44. The van der Waals surface area contributed by atoms with Crippen LogP contribution in [0, 0.1) is 5.92 Å². The third-order valence-electron chi connectivity index (χ3n) is 3.10. The normalized spacial score (nSPS) is 29.0. The minimum atomic E-state index is 0.283. The molecular formula is C12H26N2S. The van der Waals surface area contributed by atoms with Crippen molar-refractivity contribution in [3.63, 3.8) is 0 Å². The number of nitrogens with one attached hydrogen (secondary N) is 1. The fourth-order valence-corrected chi connectivity index (χ4v) is 2.93. The van der Waals surface area contributed by atoms with E-state index in [4.69, 9.17) is 0 Å². The summed E-state index contributed by atoms with van der Waals surface area (Å²) in [4.78, 5) is 2.64. The third kappa shape index (κ3) is 4.33. The molecule has 1 aliphatic rings. The van der Waals surface area contributed by atoms with Crippen LogP contribution in [-0.4, -0.2) is 48.1 Å². The van der Waals surface area contributed by atoms with Gasteiger partial charge in [-0.3, -0.25) is 4.90 Å². The molecule has 1 fully saturated rings. The van der Waals surface area contributed by atoms with Crippen LogP contribution in [0.1, 0.15) is 27.7 Å². The second kappa shape index (κ2) is 5.55. The molecule has 0 aromatic heterocycles. The second-order valence-electron chi connectivity index (χ2n) is 5.60. The summed E-state index contributed by atoms with van der Waals surface area (Å²) < 4.78 is 0. The molecule has 2 atom stereocenters. The maximum Gasteiger partial charge on any atom is 0.0252 e. The number of piperazine rings is 1. The van der Waals surface area contributed by atoms with Gasteiger partial charge in [-0.15, -0.1) is 0 Å². The predicted octanol–water partition coefficient (Wildman–Crippen LogP) is 2.06. The quantitative estimate of drug-likeness (QED) is 0.796. The summed E-state index contributed by atoms with van der Waals surface area (Å²) in [5.74, 6) is 2.08. The fourth-order valence-electron chi connectivity index (χ4n) is 2.25. The molecule has 0 saturated carbocycles. The minimum absolute atomic E-state index is 0.283. The molecule has 1 rings (SSSR count). The van der Waals surface area contributed by atoms with Gasteiger partial charge in [-0.05, 0) is 38.7 Å². The van der Waals surface area contributed by atoms with Crippen molar-refractivity contribution >= 4 is 11.8 Å². The first-order chi connectivity index (χ1) is 6.94. The Bertz CT molecular complexity index is 194. The first-order valence-corrected chi connectivity index (χ1v) is 7.32. The summed E-state index contributed by atoms with van der Waals surface area (Å²) in [6.07, 6.45) is 2.20. The van der Waals surface area contributed by atoms with Gasteiger partial charge in [0.15, 0.2) is 0 Å². The topological polar surface area (TPSA) is 15.3 Å². The summed E-state index contributed by atoms with van der Waals surface area (Å²) in [5.41, 5.74) is 0.283. The van der Waals surface area contributed by atoms with Crippen LogP contribution >= 0.6 is 11.8 Å². The van der Waals surface area contributed by atoms with Crippen molar-refractivity contribution in [2.75, 3.05) is 31.6 Å². The Kier molecular flexibility index (Phi) is 4.94. The van der Waals surface area contributed by atoms with E-state index in [1.807, 2.05) is 11.8 Å². The van der Waals surface area contributed by atoms with Crippen molar-refractivity contribution in [2.24, 2.45) is 5.92 Å². The average Bonchev–Trinajstić information content (AvgIpc) is 2.11. The highest BCUT2D eigenvalue weighted by molar-refractivity contribution is 7.98. The molecule has 0 aliphatic carbocycles. The molecule has 0 aromatic rings. The number of nitrogens with zero attached hydrogens (tertiary/aromatic N) is 1. The number of rotatable bonds is 4. The molecule has 2 nitrogen and oxygen atoms in total. The monoisotopic (exact) mass is 230 g/mol. The second-order valence-corrected chi connectivity index (χ2v) is 6.51. The van der Waals surface area contributed by atoms with Gasteiger partial charge in [0.25, 0.3) is 0 Å². The Morgan fingerprint density at radius 3 is 2.80 bits per heavy atom. The smallest absolute Gasteiger partial charge is 0.0252 e. The lowest BCUT2D eigenvalue weighted by atomic mass is 9.98. The van der Waals surface area contributed by atoms with E-state index >= 15 is 0 Å². The van der Waals surface area contributed by atoms with Gasteiger partial charge >= 0.3 is 0 Å². The molecular weight excluding hydrogens is 204 g/mol. The number of hydrogen-bond donors (Lipinski definition) is 1. The van der Waals surface area contributed by atoms with Gasteiger partial charge in [-0.25, -0.2) is 0 Å². The number of thioether (sulfide) groups is 1. The van der Waals surface area contributed by atoms with E-state index in [9.17, 15) is 0 Å². The molecule has 2 unspecified atom stereocenters. The molecule has 1 saturated heterocycles. The van der Waals surface area contributed by atoms with Gasteiger partial charge < -0.3 is 5.32 Å². The highest BCUT2D eigenvalue weighted by Gasteiger charge is 2.30. The largest absolute Gasteiger partial charge is 0.309 e. The molecule has 0 bridgehead atoms. The molecule has 1 N–H and O–H groups in total. The van der Waals surface area contributed by atoms with Crippen LogP contribution in [0.5, 0.6) is 0 Å².